The maximum absolute atomic E-state index is 5.90. The third-order valence-corrected chi connectivity index (χ3v) is 3.68. The second-order valence-electron chi connectivity index (χ2n) is 4.74. The Morgan fingerprint density at radius 2 is 1.53 bits per heavy atom. The Morgan fingerprint density at radius 3 is 2.05 bits per heavy atom. The van der Waals surface area contributed by atoms with Crippen LogP contribution >= 0.6 is 11.6 Å². The molecule has 1 unspecified atom stereocenters. The van der Waals surface area contributed by atoms with E-state index >= 15 is 0 Å². The highest BCUT2D eigenvalue weighted by atomic mass is 35.5. The zero-order valence-corrected chi connectivity index (χ0v) is 11.2. The van der Waals surface area contributed by atoms with Crippen LogP contribution in [0.3, 0.4) is 0 Å². The summed E-state index contributed by atoms with van der Waals surface area (Å²) >= 11 is 5.90. The summed E-state index contributed by atoms with van der Waals surface area (Å²) in [5.74, 6) is 1.14. The number of hydrogen-bond donors (Lipinski definition) is 2. The van der Waals surface area contributed by atoms with Crippen molar-refractivity contribution < 1.29 is 0 Å². The number of benzene rings is 2. The maximum Gasteiger partial charge on any atom is 0.0926 e. The molecular weight excluding hydrogens is 256 g/mol. The minimum absolute atomic E-state index is 0.374. The molecule has 0 aliphatic carbocycles. The van der Waals surface area contributed by atoms with E-state index in [0.29, 0.717) is 5.92 Å². The van der Waals surface area contributed by atoms with E-state index in [1.54, 1.807) is 0 Å². The van der Waals surface area contributed by atoms with Gasteiger partial charge in [0.25, 0.3) is 0 Å². The van der Waals surface area contributed by atoms with Gasteiger partial charge in [0.05, 0.1) is 5.82 Å². The molecule has 2 aromatic rings. The lowest BCUT2D eigenvalue weighted by Gasteiger charge is -2.09. The smallest absolute Gasteiger partial charge is 0.0926 e. The quantitative estimate of drug-likeness (QED) is 0.877. The van der Waals surface area contributed by atoms with Crippen molar-refractivity contribution in [3.63, 3.8) is 0 Å². The summed E-state index contributed by atoms with van der Waals surface area (Å²) in [6.45, 7) is 0.881. The number of rotatable bonds is 2. The number of nitrogens with one attached hydrogen (secondary N) is 1. The van der Waals surface area contributed by atoms with E-state index in [4.69, 9.17) is 17.3 Å². The average Bonchev–Trinajstić information content (AvgIpc) is 2.87. The van der Waals surface area contributed by atoms with Crippen LogP contribution in [0.1, 0.15) is 11.5 Å². The van der Waals surface area contributed by atoms with E-state index in [2.05, 4.69) is 35.7 Å². The number of hydrogen-bond acceptors (Lipinski definition) is 2. The van der Waals surface area contributed by atoms with Crippen LogP contribution < -0.4 is 11.1 Å². The van der Waals surface area contributed by atoms with Gasteiger partial charge in [0.1, 0.15) is 0 Å². The lowest BCUT2D eigenvalue weighted by molar-refractivity contribution is 0.791. The SMILES string of the molecule is NC1=CC(c2ccc(-c3ccc(Cl)cc3)cc2)CN1. The normalized spacial score (nSPS) is 17.9. The van der Waals surface area contributed by atoms with Crippen LogP contribution in [0.25, 0.3) is 11.1 Å². The molecule has 0 fully saturated rings. The van der Waals surface area contributed by atoms with Crippen LogP contribution in [0.2, 0.25) is 5.02 Å². The van der Waals surface area contributed by atoms with Crippen molar-refractivity contribution in [2.75, 3.05) is 6.54 Å². The first-order valence-electron chi connectivity index (χ1n) is 6.29. The molecule has 3 rings (SSSR count). The van der Waals surface area contributed by atoms with Gasteiger partial charge in [-0.2, -0.15) is 0 Å². The fraction of sp³-hybridized carbons (Fsp3) is 0.125. The highest BCUT2D eigenvalue weighted by Crippen LogP contribution is 2.26. The molecule has 0 saturated carbocycles. The standard InChI is InChI=1S/C16H15ClN2/c17-15-7-5-12(6-8-15)11-1-3-13(4-2-11)14-9-16(18)19-10-14/h1-9,14,19H,10,18H2. The van der Waals surface area contributed by atoms with E-state index in [1.807, 2.05) is 24.3 Å². The van der Waals surface area contributed by atoms with E-state index in [0.717, 1.165) is 17.4 Å². The summed E-state index contributed by atoms with van der Waals surface area (Å²) in [5.41, 5.74) is 9.39. The number of halogens is 1. The molecule has 96 valence electrons. The molecule has 19 heavy (non-hydrogen) atoms. The fourth-order valence-electron chi connectivity index (χ4n) is 2.34. The van der Waals surface area contributed by atoms with E-state index in [-0.39, 0.29) is 0 Å². The topological polar surface area (TPSA) is 38.0 Å². The Labute approximate surface area is 117 Å². The molecule has 1 atom stereocenters. The van der Waals surface area contributed by atoms with Gasteiger partial charge in [0.2, 0.25) is 0 Å². The fourth-order valence-corrected chi connectivity index (χ4v) is 2.47. The first-order valence-corrected chi connectivity index (χ1v) is 6.67. The lowest BCUT2D eigenvalue weighted by atomic mass is 9.97. The zero-order chi connectivity index (χ0) is 13.2. The molecule has 1 aliphatic heterocycles. The minimum atomic E-state index is 0.374. The van der Waals surface area contributed by atoms with E-state index in [1.165, 1.54) is 16.7 Å². The maximum atomic E-state index is 5.90. The second kappa shape index (κ2) is 4.98. The summed E-state index contributed by atoms with van der Waals surface area (Å²) < 4.78 is 0. The lowest BCUT2D eigenvalue weighted by Crippen LogP contribution is -2.15. The Bertz CT molecular complexity index is 600. The molecule has 0 bridgehead atoms. The highest BCUT2D eigenvalue weighted by molar-refractivity contribution is 6.30. The van der Waals surface area contributed by atoms with Gasteiger partial charge in [-0.25, -0.2) is 0 Å². The van der Waals surface area contributed by atoms with Gasteiger partial charge in [-0.3, -0.25) is 0 Å². The van der Waals surface area contributed by atoms with Crippen LogP contribution in [-0.4, -0.2) is 6.54 Å². The minimum Gasteiger partial charge on any atom is -0.386 e. The Kier molecular flexibility index (Phi) is 3.18. The molecule has 3 N–H and O–H groups in total. The molecule has 0 aromatic heterocycles. The van der Waals surface area contributed by atoms with E-state index < -0.39 is 0 Å². The van der Waals surface area contributed by atoms with Crippen molar-refractivity contribution >= 4 is 11.6 Å². The second-order valence-corrected chi connectivity index (χ2v) is 5.17. The molecule has 1 heterocycles. The van der Waals surface area contributed by atoms with Gasteiger partial charge in [0, 0.05) is 17.5 Å². The van der Waals surface area contributed by atoms with Gasteiger partial charge in [-0.05, 0) is 34.9 Å². The largest absolute Gasteiger partial charge is 0.386 e. The molecule has 0 spiro atoms. The Balaban J connectivity index is 1.85. The van der Waals surface area contributed by atoms with Crippen LogP contribution in [0.5, 0.6) is 0 Å². The van der Waals surface area contributed by atoms with Gasteiger partial charge < -0.3 is 11.1 Å². The first-order chi connectivity index (χ1) is 9.22. The van der Waals surface area contributed by atoms with Crippen molar-refractivity contribution in [3.8, 4) is 11.1 Å². The van der Waals surface area contributed by atoms with Crippen molar-refractivity contribution in [1.82, 2.24) is 5.32 Å². The average molecular weight is 271 g/mol. The van der Waals surface area contributed by atoms with Crippen molar-refractivity contribution in [2.24, 2.45) is 5.73 Å². The van der Waals surface area contributed by atoms with Gasteiger partial charge >= 0.3 is 0 Å². The van der Waals surface area contributed by atoms with Crippen LogP contribution in [0.4, 0.5) is 0 Å². The summed E-state index contributed by atoms with van der Waals surface area (Å²) in [5, 5.41) is 3.91. The van der Waals surface area contributed by atoms with Gasteiger partial charge in [-0.1, -0.05) is 48.0 Å². The third-order valence-electron chi connectivity index (χ3n) is 3.42. The predicted octanol–water partition coefficient (Wildman–Crippen LogP) is 3.49. The van der Waals surface area contributed by atoms with Gasteiger partial charge in [0.15, 0.2) is 0 Å². The summed E-state index contributed by atoms with van der Waals surface area (Å²) in [4.78, 5) is 0. The van der Waals surface area contributed by atoms with Crippen LogP contribution in [0, 0.1) is 0 Å². The summed E-state index contributed by atoms with van der Waals surface area (Å²) in [6.07, 6.45) is 2.07. The molecule has 0 radical (unpaired) electrons. The molecule has 0 saturated heterocycles. The monoisotopic (exact) mass is 270 g/mol. The molecular formula is C16H15ClN2. The van der Waals surface area contributed by atoms with E-state index in [9.17, 15) is 0 Å². The zero-order valence-electron chi connectivity index (χ0n) is 10.4. The Morgan fingerprint density at radius 1 is 0.947 bits per heavy atom. The summed E-state index contributed by atoms with van der Waals surface area (Å²) in [6, 6.07) is 16.5. The number of nitrogens with two attached hydrogens (primary N) is 1. The molecule has 0 amide bonds. The molecule has 2 nitrogen and oxygen atoms in total. The predicted molar refractivity (Wildman–Crippen MR) is 79.9 cm³/mol. The van der Waals surface area contributed by atoms with Crippen molar-refractivity contribution in [2.45, 2.75) is 5.92 Å². The summed E-state index contributed by atoms with van der Waals surface area (Å²) in [7, 11) is 0. The molecule has 3 heteroatoms. The van der Waals surface area contributed by atoms with Gasteiger partial charge in [-0.15, -0.1) is 0 Å². The molecule has 1 aliphatic rings. The first kappa shape index (κ1) is 12.1. The molecule has 2 aromatic carbocycles. The van der Waals surface area contributed by atoms with Crippen LogP contribution in [0.15, 0.2) is 60.4 Å². The third kappa shape index (κ3) is 2.59. The van der Waals surface area contributed by atoms with Crippen LogP contribution in [-0.2, 0) is 0 Å². The highest BCUT2D eigenvalue weighted by Gasteiger charge is 2.14. The Hall–Kier alpha value is -1.93. The van der Waals surface area contributed by atoms with Crippen molar-refractivity contribution in [1.29, 1.82) is 0 Å². The van der Waals surface area contributed by atoms with Crippen molar-refractivity contribution in [3.05, 3.63) is 71.0 Å².